The van der Waals surface area contributed by atoms with Crippen LogP contribution in [0.3, 0.4) is 0 Å². The zero-order valence-corrected chi connectivity index (χ0v) is 30.0. The molecule has 0 aliphatic carbocycles. The van der Waals surface area contributed by atoms with Gasteiger partial charge in [0.15, 0.2) is 0 Å². The maximum Gasteiger partial charge on any atom is -0.00222 e. The van der Waals surface area contributed by atoms with Crippen LogP contribution in [0.4, 0.5) is 0 Å². The van der Waals surface area contributed by atoms with E-state index >= 15 is 0 Å². The Hall–Kier alpha value is -0.560. The van der Waals surface area contributed by atoms with Gasteiger partial charge in [-0.1, -0.05) is 179 Å². The van der Waals surface area contributed by atoms with Gasteiger partial charge in [-0.2, -0.15) is 0 Å². The van der Waals surface area contributed by atoms with Crippen LogP contribution in [-0.2, 0) is 0 Å². The fourth-order valence-electron chi connectivity index (χ4n) is 6.23. The summed E-state index contributed by atoms with van der Waals surface area (Å²) in [7, 11) is 4.48. The number of unbranched alkanes of at least 4 members (excludes halogenated alkanes) is 24. The standard InChI is InChI=1S/C41H81N/c1-5-7-9-11-13-15-17-19-21-23-25-27-29-31-33-35-37-41(39-40-42(3)4)38-36-34-32-30-28-26-24-22-20-18-16-14-12-10-8-6-2/h19-22,41H,5-18,23-40H2,1-4H3/b21-19-,22-20-. The van der Waals surface area contributed by atoms with E-state index in [9.17, 15) is 0 Å². The molecule has 250 valence electrons. The molecule has 0 rings (SSSR count). The molecule has 0 aromatic heterocycles. The van der Waals surface area contributed by atoms with E-state index in [2.05, 4.69) is 57.1 Å². The second-order valence-corrected chi connectivity index (χ2v) is 13.9. The molecule has 0 aromatic rings. The molecule has 0 N–H and O–H groups in total. The molecule has 0 amide bonds. The zero-order valence-electron chi connectivity index (χ0n) is 30.0. The van der Waals surface area contributed by atoms with Crippen LogP contribution < -0.4 is 0 Å². The van der Waals surface area contributed by atoms with E-state index in [1.165, 1.54) is 206 Å². The van der Waals surface area contributed by atoms with Gasteiger partial charge < -0.3 is 4.90 Å². The Kier molecular flexibility index (Phi) is 36.1. The van der Waals surface area contributed by atoms with Crippen molar-refractivity contribution in [3.63, 3.8) is 0 Å². The minimum Gasteiger partial charge on any atom is -0.309 e. The molecule has 0 spiro atoms. The van der Waals surface area contributed by atoms with E-state index in [-0.39, 0.29) is 0 Å². The highest BCUT2D eigenvalue weighted by atomic mass is 15.0. The van der Waals surface area contributed by atoms with Crippen LogP contribution in [0.1, 0.15) is 213 Å². The molecular formula is C41H81N. The van der Waals surface area contributed by atoms with Crippen molar-refractivity contribution in [3.05, 3.63) is 24.3 Å². The van der Waals surface area contributed by atoms with Crippen molar-refractivity contribution >= 4 is 0 Å². The number of nitrogens with zero attached hydrogens (tertiary/aromatic N) is 1. The van der Waals surface area contributed by atoms with Gasteiger partial charge >= 0.3 is 0 Å². The molecule has 1 heteroatoms. The van der Waals surface area contributed by atoms with Crippen LogP contribution in [0.5, 0.6) is 0 Å². The molecule has 0 saturated carbocycles. The molecule has 0 fully saturated rings. The van der Waals surface area contributed by atoms with Gasteiger partial charge in [-0.15, -0.1) is 0 Å². The fraction of sp³-hybridized carbons (Fsp3) is 0.902. The fourth-order valence-corrected chi connectivity index (χ4v) is 6.23. The minimum absolute atomic E-state index is 0.959. The topological polar surface area (TPSA) is 3.24 Å². The highest BCUT2D eigenvalue weighted by molar-refractivity contribution is 4.82. The van der Waals surface area contributed by atoms with E-state index < -0.39 is 0 Å². The smallest absolute Gasteiger partial charge is 0.00222 e. The van der Waals surface area contributed by atoms with E-state index in [1.807, 2.05) is 0 Å². The summed E-state index contributed by atoms with van der Waals surface area (Å²) in [6.45, 7) is 5.87. The lowest BCUT2D eigenvalue weighted by molar-refractivity contribution is 0.314. The van der Waals surface area contributed by atoms with Gasteiger partial charge in [0, 0.05) is 0 Å². The van der Waals surface area contributed by atoms with Gasteiger partial charge in [0.05, 0.1) is 0 Å². The number of hydrogen-bond acceptors (Lipinski definition) is 1. The molecule has 0 saturated heterocycles. The van der Waals surface area contributed by atoms with Gasteiger partial charge in [0.2, 0.25) is 0 Å². The van der Waals surface area contributed by atoms with Crippen molar-refractivity contribution in [2.45, 2.75) is 213 Å². The van der Waals surface area contributed by atoms with Crippen LogP contribution in [0.25, 0.3) is 0 Å². The van der Waals surface area contributed by atoms with Gasteiger partial charge in [-0.25, -0.2) is 0 Å². The molecule has 0 unspecified atom stereocenters. The maximum absolute atomic E-state index is 2.46. The lowest BCUT2D eigenvalue weighted by atomic mass is 9.91. The summed E-state index contributed by atoms with van der Waals surface area (Å²) in [5.74, 6) is 0.959. The van der Waals surface area contributed by atoms with Crippen LogP contribution in [-0.4, -0.2) is 25.5 Å². The Labute approximate surface area is 268 Å². The lowest BCUT2D eigenvalue weighted by Gasteiger charge is -2.19. The van der Waals surface area contributed by atoms with E-state index in [1.54, 1.807) is 0 Å². The Bertz CT molecular complexity index is 491. The molecule has 0 radical (unpaired) electrons. The van der Waals surface area contributed by atoms with Crippen molar-refractivity contribution in [1.82, 2.24) is 4.90 Å². The van der Waals surface area contributed by atoms with Gasteiger partial charge in [0.1, 0.15) is 0 Å². The van der Waals surface area contributed by atoms with Crippen LogP contribution >= 0.6 is 0 Å². The SMILES string of the molecule is CCCCCCCC/C=C\CCCCCCCCC(CCCCCCCC/C=C\CCCCCCCC)CCN(C)C. The predicted molar refractivity (Wildman–Crippen MR) is 195 cm³/mol. The first-order valence-electron chi connectivity index (χ1n) is 19.6. The third-order valence-corrected chi connectivity index (χ3v) is 9.23. The first-order chi connectivity index (χ1) is 20.7. The third-order valence-electron chi connectivity index (χ3n) is 9.23. The Morgan fingerprint density at radius 1 is 0.357 bits per heavy atom. The van der Waals surface area contributed by atoms with Crippen LogP contribution in [0.15, 0.2) is 24.3 Å². The van der Waals surface area contributed by atoms with Crippen molar-refractivity contribution in [2.24, 2.45) is 5.92 Å². The molecule has 1 nitrogen and oxygen atoms in total. The molecular weight excluding hydrogens is 506 g/mol. The Morgan fingerprint density at radius 2 is 0.643 bits per heavy atom. The summed E-state index contributed by atoms with van der Waals surface area (Å²) in [5.41, 5.74) is 0. The van der Waals surface area contributed by atoms with Crippen molar-refractivity contribution < 1.29 is 0 Å². The van der Waals surface area contributed by atoms with Crippen molar-refractivity contribution in [2.75, 3.05) is 20.6 Å². The van der Waals surface area contributed by atoms with Crippen LogP contribution in [0, 0.1) is 5.92 Å². The quantitative estimate of drug-likeness (QED) is 0.0526. The largest absolute Gasteiger partial charge is 0.309 e. The second-order valence-electron chi connectivity index (χ2n) is 13.9. The predicted octanol–water partition coefficient (Wildman–Crippen LogP) is 14.4. The summed E-state index contributed by atoms with van der Waals surface area (Å²) in [5, 5.41) is 0. The van der Waals surface area contributed by atoms with E-state index in [4.69, 9.17) is 0 Å². The van der Waals surface area contributed by atoms with Gasteiger partial charge in [0.25, 0.3) is 0 Å². The second kappa shape index (κ2) is 36.6. The number of allylic oxidation sites excluding steroid dienone is 4. The summed E-state index contributed by atoms with van der Waals surface area (Å²) < 4.78 is 0. The number of hydrogen-bond donors (Lipinski definition) is 0. The Balaban J connectivity index is 3.63. The molecule has 0 bridgehead atoms. The molecule has 0 aliphatic heterocycles. The third kappa shape index (κ3) is 35.6. The van der Waals surface area contributed by atoms with Gasteiger partial charge in [-0.05, 0) is 84.3 Å². The molecule has 0 aromatic carbocycles. The van der Waals surface area contributed by atoms with Crippen LogP contribution in [0.2, 0.25) is 0 Å². The lowest BCUT2D eigenvalue weighted by Crippen LogP contribution is -2.17. The van der Waals surface area contributed by atoms with E-state index in [0.717, 1.165) is 5.92 Å². The van der Waals surface area contributed by atoms with Crippen molar-refractivity contribution in [1.29, 1.82) is 0 Å². The summed E-state index contributed by atoms with van der Waals surface area (Å²) in [6.07, 6.45) is 53.6. The highest BCUT2D eigenvalue weighted by Crippen LogP contribution is 2.22. The summed E-state index contributed by atoms with van der Waals surface area (Å²) in [6, 6.07) is 0. The zero-order chi connectivity index (χ0) is 30.6. The normalized spacial score (nSPS) is 12.2. The average molecular weight is 588 g/mol. The monoisotopic (exact) mass is 588 g/mol. The van der Waals surface area contributed by atoms with Crippen molar-refractivity contribution in [3.8, 4) is 0 Å². The molecule has 0 atom stereocenters. The number of rotatable bonds is 35. The highest BCUT2D eigenvalue weighted by Gasteiger charge is 2.09. The maximum atomic E-state index is 2.46. The Morgan fingerprint density at radius 3 is 0.952 bits per heavy atom. The van der Waals surface area contributed by atoms with E-state index in [0.29, 0.717) is 0 Å². The summed E-state index contributed by atoms with van der Waals surface area (Å²) in [4.78, 5) is 2.39. The average Bonchev–Trinajstić information content (AvgIpc) is 2.98. The minimum atomic E-state index is 0.959. The molecule has 0 heterocycles. The molecule has 42 heavy (non-hydrogen) atoms. The first-order valence-corrected chi connectivity index (χ1v) is 19.6. The van der Waals surface area contributed by atoms with Gasteiger partial charge in [-0.3, -0.25) is 0 Å². The first kappa shape index (κ1) is 41.4. The molecule has 0 aliphatic rings. The summed E-state index contributed by atoms with van der Waals surface area (Å²) >= 11 is 0.